The molecule has 1 aromatic rings. The summed E-state index contributed by atoms with van der Waals surface area (Å²) in [4.78, 5) is 5.71. The van der Waals surface area contributed by atoms with E-state index in [0.717, 1.165) is 25.2 Å². The Hall–Kier alpha value is -0.890. The first kappa shape index (κ1) is 14.1. The Morgan fingerprint density at radius 1 is 1.40 bits per heavy atom. The minimum Gasteiger partial charge on any atom is -0.363 e. The largest absolute Gasteiger partial charge is 0.363 e. The van der Waals surface area contributed by atoms with E-state index in [4.69, 9.17) is 0 Å². The van der Waals surface area contributed by atoms with Crippen molar-refractivity contribution in [1.29, 1.82) is 0 Å². The summed E-state index contributed by atoms with van der Waals surface area (Å²) in [6.45, 7) is 2.49. The van der Waals surface area contributed by atoms with Crippen LogP contribution in [0.4, 0.5) is 0 Å². The van der Waals surface area contributed by atoms with Gasteiger partial charge in [0.25, 0.3) is 0 Å². The highest BCUT2D eigenvalue weighted by atomic mass is 32.2. The second-order valence-corrected chi connectivity index (χ2v) is 7.44. The van der Waals surface area contributed by atoms with E-state index >= 15 is 0 Å². The van der Waals surface area contributed by atoms with E-state index in [-0.39, 0.29) is 6.04 Å². The molecule has 2 fully saturated rings. The highest BCUT2D eigenvalue weighted by Gasteiger charge is 2.35. The average Bonchev–Trinajstić information content (AvgIpc) is 2.95. The van der Waals surface area contributed by atoms with Gasteiger partial charge in [0, 0.05) is 43.6 Å². The van der Waals surface area contributed by atoms with Crippen molar-refractivity contribution in [3.63, 3.8) is 0 Å². The molecule has 0 amide bonds. The van der Waals surface area contributed by atoms with Gasteiger partial charge in [0.05, 0.1) is 4.90 Å². The number of nitrogens with zero attached hydrogens (tertiary/aromatic N) is 1. The van der Waals surface area contributed by atoms with Crippen molar-refractivity contribution in [3.05, 3.63) is 18.0 Å². The van der Waals surface area contributed by atoms with Gasteiger partial charge in [0.15, 0.2) is 0 Å². The Balaban J connectivity index is 1.62. The van der Waals surface area contributed by atoms with E-state index in [1.165, 1.54) is 12.8 Å². The van der Waals surface area contributed by atoms with Crippen molar-refractivity contribution < 1.29 is 8.42 Å². The number of sulfonamides is 1. The fraction of sp³-hybridized carbons (Fsp3) is 0.692. The molecule has 3 rings (SSSR count). The van der Waals surface area contributed by atoms with Gasteiger partial charge in [0.1, 0.15) is 0 Å². The average molecular weight is 298 g/mol. The summed E-state index contributed by atoms with van der Waals surface area (Å²) >= 11 is 0. The molecule has 1 unspecified atom stereocenters. The van der Waals surface area contributed by atoms with Crippen molar-refractivity contribution in [2.45, 2.75) is 42.8 Å². The van der Waals surface area contributed by atoms with Crippen LogP contribution in [-0.2, 0) is 16.6 Å². The van der Waals surface area contributed by atoms with Crippen molar-refractivity contribution >= 4 is 10.0 Å². The molecule has 1 atom stereocenters. The quantitative estimate of drug-likeness (QED) is 0.703. The first-order valence-electron chi connectivity index (χ1n) is 7.17. The summed E-state index contributed by atoms with van der Waals surface area (Å²) in [5.74, 6) is 0. The Kier molecular flexibility index (Phi) is 3.85. The maximum Gasteiger partial charge on any atom is 0.242 e. The van der Waals surface area contributed by atoms with Crippen LogP contribution in [0.2, 0.25) is 0 Å². The standard InChI is InChI=1S/C13H22N4O2S/c1-14-7-11-6-13(8-15-11)20(18,19)16-10-4-5-17(9-10)12-2-3-12/h6,8,10,12,14-16H,2-5,7,9H2,1H3. The molecule has 1 saturated carbocycles. The molecule has 112 valence electrons. The topological polar surface area (TPSA) is 77.2 Å². The first-order chi connectivity index (χ1) is 9.58. The maximum absolute atomic E-state index is 12.3. The SMILES string of the molecule is CNCc1cc(S(=O)(=O)NC2CCN(C3CC3)C2)c[nH]1. The molecule has 2 heterocycles. The molecule has 0 aromatic carbocycles. The number of aromatic nitrogens is 1. The third kappa shape index (κ3) is 3.06. The van der Waals surface area contributed by atoms with E-state index in [2.05, 4.69) is 19.9 Å². The van der Waals surface area contributed by atoms with Crippen LogP contribution >= 0.6 is 0 Å². The summed E-state index contributed by atoms with van der Waals surface area (Å²) < 4.78 is 27.5. The van der Waals surface area contributed by atoms with E-state index in [1.807, 2.05) is 7.05 Å². The van der Waals surface area contributed by atoms with E-state index in [0.29, 0.717) is 17.5 Å². The molecule has 3 N–H and O–H groups in total. The Morgan fingerprint density at radius 3 is 2.90 bits per heavy atom. The molecule has 0 radical (unpaired) electrons. The summed E-state index contributed by atoms with van der Waals surface area (Å²) in [5, 5.41) is 2.99. The van der Waals surface area contributed by atoms with Crippen LogP contribution in [0.25, 0.3) is 0 Å². The van der Waals surface area contributed by atoms with Gasteiger partial charge in [-0.05, 0) is 32.4 Å². The van der Waals surface area contributed by atoms with Crippen molar-refractivity contribution in [3.8, 4) is 0 Å². The van der Waals surface area contributed by atoms with Gasteiger partial charge in [-0.3, -0.25) is 4.90 Å². The zero-order valence-corrected chi connectivity index (χ0v) is 12.5. The Labute approximate surface area is 120 Å². The summed E-state index contributed by atoms with van der Waals surface area (Å²) in [7, 11) is -1.57. The summed E-state index contributed by atoms with van der Waals surface area (Å²) in [5.41, 5.74) is 0.874. The van der Waals surface area contributed by atoms with E-state index in [1.54, 1.807) is 12.3 Å². The number of hydrogen-bond donors (Lipinski definition) is 3. The molecule has 0 spiro atoms. The lowest BCUT2D eigenvalue weighted by atomic mass is 10.3. The van der Waals surface area contributed by atoms with Gasteiger partial charge in [-0.15, -0.1) is 0 Å². The molecule has 1 aliphatic heterocycles. The minimum atomic E-state index is -3.41. The maximum atomic E-state index is 12.3. The molecule has 7 heteroatoms. The smallest absolute Gasteiger partial charge is 0.242 e. The van der Waals surface area contributed by atoms with E-state index in [9.17, 15) is 8.42 Å². The number of likely N-dealkylation sites (tertiary alicyclic amines) is 1. The molecular formula is C13H22N4O2S. The second-order valence-electron chi connectivity index (χ2n) is 5.72. The molecular weight excluding hydrogens is 276 g/mol. The molecule has 2 aliphatic rings. The van der Waals surface area contributed by atoms with Crippen molar-refractivity contribution in [2.24, 2.45) is 0 Å². The fourth-order valence-electron chi connectivity index (χ4n) is 2.81. The molecule has 20 heavy (non-hydrogen) atoms. The molecule has 0 bridgehead atoms. The van der Waals surface area contributed by atoms with Gasteiger partial charge in [-0.25, -0.2) is 13.1 Å². The number of H-pyrrole nitrogens is 1. The lowest BCUT2D eigenvalue weighted by Gasteiger charge is -2.15. The van der Waals surface area contributed by atoms with Gasteiger partial charge in [0.2, 0.25) is 10.0 Å². The van der Waals surface area contributed by atoms with E-state index < -0.39 is 10.0 Å². The number of rotatable bonds is 6. The Morgan fingerprint density at radius 2 is 2.20 bits per heavy atom. The second kappa shape index (κ2) is 5.48. The molecule has 1 aromatic heterocycles. The van der Waals surface area contributed by atoms with Crippen LogP contribution in [0.1, 0.15) is 25.0 Å². The van der Waals surface area contributed by atoms with Crippen molar-refractivity contribution in [1.82, 2.24) is 19.9 Å². The zero-order valence-electron chi connectivity index (χ0n) is 11.7. The van der Waals surface area contributed by atoms with Gasteiger partial charge < -0.3 is 10.3 Å². The van der Waals surface area contributed by atoms with Gasteiger partial charge in [-0.1, -0.05) is 0 Å². The zero-order chi connectivity index (χ0) is 14.2. The predicted octanol–water partition coefficient (Wildman–Crippen LogP) is 0.249. The fourth-order valence-corrected chi connectivity index (χ4v) is 4.09. The van der Waals surface area contributed by atoms with Gasteiger partial charge >= 0.3 is 0 Å². The third-order valence-corrected chi connectivity index (χ3v) is 5.50. The van der Waals surface area contributed by atoms with Gasteiger partial charge in [-0.2, -0.15) is 0 Å². The van der Waals surface area contributed by atoms with Crippen LogP contribution in [-0.4, -0.2) is 50.5 Å². The highest BCUT2D eigenvalue weighted by Crippen LogP contribution is 2.30. The van der Waals surface area contributed by atoms with Crippen LogP contribution < -0.4 is 10.0 Å². The lowest BCUT2D eigenvalue weighted by molar-refractivity contribution is 0.322. The monoisotopic (exact) mass is 298 g/mol. The highest BCUT2D eigenvalue weighted by molar-refractivity contribution is 7.89. The third-order valence-electron chi connectivity index (χ3n) is 4.00. The van der Waals surface area contributed by atoms with Crippen LogP contribution in [0, 0.1) is 0 Å². The lowest BCUT2D eigenvalue weighted by Crippen LogP contribution is -2.37. The number of aromatic amines is 1. The molecule has 6 nitrogen and oxygen atoms in total. The van der Waals surface area contributed by atoms with Crippen LogP contribution in [0.5, 0.6) is 0 Å². The first-order valence-corrected chi connectivity index (χ1v) is 8.65. The molecule has 1 aliphatic carbocycles. The summed E-state index contributed by atoms with van der Waals surface area (Å²) in [6, 6.07) is 2.44. The van der Waals surface area contributed by atoms with Crippen LogP contribution in [0.3, 0.4) is 0 Å². The summed E-state index contributed by atoms with van der Waals surface area (Å²) in [6.07, 6.45) is 5.00. The number of nitrogens with one attached hydrogen (secondary N) is 3. The normalized spacial score (nSPS) is 24.4. The predicted molar refractivity (Wildman–Crippen MR) is 76.9 cm³/mol. The minimum absolute atomic E-state index is 0.0447. The van der Waals surface area contributed by atoms with Crippen molar-refractivity contribution in [2.75, 3.05) is 20.1 Å². The number of hydrogen-bond acceptors (Lipinski definition) is 4. The van der Waals surface area contributed by atoms with Crippen LogP contribution in [0.15, 0.2) is 17.2 Å². The molecule has 1 saturated heterocycles. The Bertz CT molecular complexity index is 565.